The van der Waals surface area contributed by atoms with Crippen LogP contribution in [0.25, 0.3) is 11.2 Å². The first-order valence-corrected chi connectivity index (χ1v) is 8.51. The van der Waals surface area contributed by atoms with E-state index in [1.165, 1.54) is 6.26 Å². The van der Waals surface area contributed by atoms with Gasteiger partial charge in [-0.2, -0.15) is 0 Å². The molecule has 1 aliphatic rings. The Morgan fingerprint density at radius 2 is 2.00 bits per heavy atom. The highest BCUT2D eigenvalue weighted by molar-refractivity contribution is 7.90. The normalized spacial score (nSPS) is 17.1. The molecule has 0 aliphatic heterocycles. The Hall–Kier alpha value is -1.76. The van der Waals surface area contributed by atoms with Crippen molar-refractivity contribution >= 4 is 26.8 Å². The lowest BCUT2D eigenvalue weighted by Gasteiger charge is -2.15. The van der Waals surface area contributed by atoms with Crippen LogP contribution in [-0.4, -0.2) is 41.9 Å². The maximum Gasteiger partial charge on any atom is 0.180 e. The van der Waals surface area contributed by atoms with Gasteiger partial charge >= 0.3 is 0 Å². The van der Waals surface area contributed by atoms with E-state index < -0.39 is 9.84 Å². The van der Waals surface area contributed by atoms with Crippen LogP contribution in [0.2, 0.25) is 0 Å². The van der Waals surface area contributed by atoms with E-state index in [-0.39, 0.29) is 11.2 Å². The molecule has 0 saturated heterocycles. The van der Waals surface area contributed by atoms with Gasteiger partial charge in [-0.1, -0.05) is 0 Å². The second-order valence-electron chi connectivity index (χ2n) is 5.52. The third-order valence-electron chi connectivity index (χ3n) is 3.50. The Balaban J connectivity index is 1.71. The van der Waals surface area contributed by atoms with Gasteiger partial charge in [-0.25, -0.2) is 18.4 Å². The molecule has 1 N–H and O–H groups in total. The van der Waals surface area contributed by atoms with Gasteiger partial charge in [-0.3, -0.25) is 4.98 Å². The van der Waals surface area contributed by atoms with Crippen LogP contribution in [0.15, 0.2) is 24.5 Å². The molecule has 0 bridgehead atoms. The van der Waals surface area contributed by atoms with Crippen molar-refractivity contribution in [3.05, 3.63) is 24.5 Å². The Morgan fingerprint density at radius 1 is 1.25 bits per heavy atom. The van der Waals surface area contributed by atoms with Crippen molar-refractivity contribution in [1.29, 1.82) is 0 Å². The van der Waals surface area contributed by atoms with Crippen LogP contribution in [0.5, 0.6) is 0 Å². The molecule has 2 aromatic rings. The van der Waals surface area contributed by atoms with Crippen LogP contribution >= 0.6 is 0 Å². The number of pyridine rings is 1. The molecule has 0 atom stereocenters. The summed E-state index contributed by atoms with van der Waals surface area (Å²) in [5, 5.41) is 3.22. The van der Waals surface area contributed by atoms with Crippen molar-refractivity contribution in [2.45, 2.75) is 12.8 Å². The van der Waals surface area contributed by atoms with E-state index in [0.29, 0.717) is 18.0 Å². The molecule has 2 heterocycles. The Labute approximate surface area is 117 Å². The zero-order valence-electron chi connectivity index (χ0n) is 11.2. The minimum absolute atomic E-state index is 0.118. The van der Waals surface area contributed by atoms with Crippen LogP contribution in [0.1, 0.15) is 12.8 Å². The van der Waals surface area contributed by atoms with Gasteiger partial charge in [0, 0.05) is 30.6 Å². The van der Waals surface area contributed by atoms with Crippen molar-refractivity contribution in [3.8, 4) is 0 Å². The molecule has 0 aromatic carbocycles. The van der Waals surface area contributed by atoms with Gasteiger partial charge in [0.25, 0.3) is 0 Å². The summed E-state index contributed by atoms with van der Waals surface area (Å²) in [7, 11) is -2.94. The average Bonchev–Trinajstić information content (AvgIpc) is 3.14. The Morgan fingerprint density at radius 3 is 2.70 bits per heavy atom. The lowest BCUT2D eigenvalue weighted by atomic mass is 10.1. The molecule has 7 heteroatoms. The lowest BCUT2D eigenvalue weighted by molar-refractivity contribution is 0.560. The topological polar surface area (TPSA) is 84.8 Å². The van der Waals surface area contributed by atoms with E-state index in [9.17, 15) is 8.42 Å². The van der Waals surface area contributed by atoms with Gasteiger partial charge in [0.1, 0.15) is 21.2 Å². The number of anilines is 1. The molecule has 20 heavy (non-hydrogen) atoms. The van der Waals surface area contributed by atoms with Crippen LogP contribution in [0.4, 0.5) is 5.82 Å². The fourth-order valence-electron chi connectivity index (χ4n) is 2.34. The number of hydrogen-bond donors (Lipinski definition) is 1. The van der Waals surface area contributed by atoms with E-state index >= 15 is 0 Å². The smallest absolute Gasteiger partial charge is 0.180 e. The van der Waals surface area contributed by atoms with E-state index in [1.54, 1.807) is 12.4 Å². The predicted octanol–water partition coefficient (Wildman–Crippen LogP) is 1.26. The summed E-state index contributed by atoms with van der Waals surface area (Å²) in [6, 6.07) is 3.70. The monoisotopic (exact) mass is 292 g/mol. The number of nitrogens with zero attached hydrogens (tertiary/aromatic N) is 3. The average molecular weight is 292 g/mol. The van der Waals surface area contributed by atoms with Gasteiger partial charge in [0.2, 0.25) is 0 Å². The van der Waals surface area contributed by atoms with E-state index in [4.69, 9.17) is 0 Å². The molecule has 0 unspecified atom stereocenters. The first-order chi connectivity index (χ1) is 9.46. The molecule has 1 fully saturated rings. The van der Waals surface area contributed by atoms with E-state index in [2.05, 4.69) is 20.3 Å². The third kappa shape index (κ3) is 3.04. The maximum absolute atomic E-state index is 11.4. The van der Waals surface area contributed by atoms with Crippen molar-refractivity contribution in [1.82, 2.24) is 15.0 Å². The van der Waals surface area contributed by atoms with Gasteiger partial charge in [0.15, 0.2) is 5.65 Å². The third-order valence-corrected chi connectivity index (χ3v) is 4.64. The molecule has 0 amide bonds. The number of sulfone groups is 1. The summed E-state index contributed by atoms with van der Waals surface area (Å²) in [6.45, 7) is 0.624. The number of rotatable bonds is 5. The van der Waals surface area contributed by atoms with E-state index in [0.717, 1.165) is 18.4 Å². The van der Waals surface area contributed by atoms with E-state index in [1.807, 2.05) is 12.1 Å². The number of fused-ring (bicyclic) bond motifs is 1. The quantitative estimate of drug-likeness (QED) is 0.893. The molecule has 1 aliphatic carbocycles. The summed E-state index contributed by atoms with van der Waals surface area (Å²) in [6.07, 6.45) is 6.41. The zero-order chi connectivity index (χ0) is 14.2. The molecule has 1 saturated carbocycles. The van der Waals surface area contributed by atoms with Gasteiger partial charge in [-0.15, -0.1) is 0 Å². The standard InChI is InChI=1S/C13H16N4O2S/c1-20(18,19)9-13(4-5-13)8-16-11-3-2-10-12(17-11)15-7-6-14-10/h2-3,6-7H,4-5,8-9H2,1H3,(H,15,16,17). The van der Waals surface area contributed by atoms with Crippen LogP contribution < -0.4 is 5.32 Å². The molecular formula is C13H16N4O2S. The lowest BCUT2D eigenvalue weighted by Crippen LogP contribution is -2.24. The predicted molar refractivity (Wildman–Crippen MR) is 77.2 cm³/mol. The first-order valence-electron chi connectivity index (χ1n) is 6.45. The minimum atomic E-state index is -2.94. The number of aromatic nitrogens is 3. The fourth-order valence-corrected chi connectivity index (χ4v) is 3.84. The van der Waals surface area contributed by atoms with Crippen molar-refractivity contribution in [3.63, 3.8) is 0 Å². The summed E-state index contributed by atoms with van der Waals surface area (Å²) in [4.78, 5) is 12.7. The SMILES string of the molecule is CS(=O)(=O)CC1(CNc2ccc3nccnc3n2)CC1. The Kier molecular flexibility index (Phi) is 3.08. The van der Waals surface area contributed by atoms with Crippen LogP contribution in [0, 0.1) is 5.41 Å². The second-order valence-corrected chi connectivity index (χ2v) is 7.66. The summed E-state index contributed by atoms with van der Waals surface area (Å²) in [5.74, 6) is 0.943. The maximum atomic E-state index is 11.4. The van der Waals surface area contributed by atoms with Crippen molar-refractivity contribution < 1.29 is 8.42 Å². The van der Waals surface area contributed by atoms with Gasteiger partial charge in [0.05, 0.1) is 5.75 Å². The first kappa shape index (κ1) is 13.2. The van der Waals surface area contributed by atoms with Gasteiger partial charge in [-0.05, 0) is 25.0 Å². The molecular weight excluding hydrogens is 276 g/mol. The fraction of sp³-hybridized carbons (Fsp3) is 0.462. The van der Waals surface area contributed by atoms with Crippen molar-refractivity contribution in [2.24, 2.45) is 5.41 Å². The Bertz CT molecular complexity index is 741. The highest BCUT2D eigenvalue weighted by atomic mass is 32.2. The zero-order valence-corrected chi connectivity index (χ0v) is 12.0. The highest BCUT2D eigenvalue weighted by Gasteiger charge is 2.44. The van der Waals surface area contributed by atoms with Crippen LogP contribution in [-0.2, 0) is 9.84 Å². The van der Waals surface area contributed by atoms with Crippen molar-refractivity contribution in [2.75, 3.05) is 23.9 Å². The minimum Gasteiger partial charge on any atom is -0.369 e. The molecule has 2 aromatic heterocycles. The molecule has 0 radical (unpaired) electrons. The molecule has 6 nitrogen and oxygen atoms in total. The van der Waals surface area contributed by atoms with Gasteiger partial charge < -0.3 is 5.32 Å². The summed E-state index contributed by atoms with van der Waals surface area (Å²) >= 11 is 0. The number of hydrogen-bond acceptors (Lipinski definition) is 6. The largest absolute Gasteiger partial charge is 0.369 e. The summed E-state index contributed by atoms with van der Waals surface area (Å²) in [5.41, 5.74) is 1.22. The molecule has 3 rings (SSSR count). The highest BCUT2D eigenvalue weighted by Crippen LogP contribution is 2.46. The van der Waals surface area contributed by atoms with Crippen LogP contribution in [0.3, 0.4) is 0 Å². The molecule has 106 valence electrons. The molecule has 0 spiro atoms. The second kappa shape index (κ2) is 4.66. The summed E-state index contributed by atoms with van der Waals surface area (Å²) < 4.78 is 22.8. The number of nitrogens with one attached hydrogen (secondary N) is 1.